The maximum Gasteiger partial charge on any atom is 0.253 e. The summed E-state index contributed by atoms with van der Waals surface area (Å²) in [5, 5.41) is 6.26. The molecule has 0 bridgehead atoms. The summed E-state index contributed by atoms with van der Waals surface area (Å²) < 4.78 is 5.17. The van der Waals surface area contributed by atoms with Gasteiger partial charge >= 0.3 is 0 Å². The zero-order chi connectivity index (χ0) is 16.1. The molecule has 0 aliphatic rings. The predicted molar refractivity (Wildman–Crippen MR) is 84.0 cm³/mol. The van der Waals surface area contributed by atoms with Gasteiger partial charge in [-0.1, -0.05) is 0 Å². The lowest BCUT2D eigenvalue weighted by Crippen LogP contribution is -2.34. The van der Waals surface area contributed by atoms with Crippen LogP contribution in [0.2, 0.25) is 0 Å². The van der Waals surface area contributed by atoms with Gasteiger partial charge in [0.05, 0.1) is 23.9 Å². The van der Waals surface area contributed by atoms with Crippen LogP contribution in [0.3, 0.4) is 0 Å². The van der Waals surface area contributed by atoms with Gasteiger partial charge in [-0.2, -0.15) is 0 Å². The number of methoxy groups -OCH3 is 1. The fraction of sp³-hybridized carbons (Fsp3) is 0.312. The summed E-state index contributed by atoms with van der Waals surface area (Å²) in [5.41, 5.74) is 1.96. The molecule has 0 saturated heterocycles. The first-order valence-corrected chi connectivity index (χ1v) is 6.99. The van der Waals surface area contributed by atoms with Crippen LogP contribution in [0.4, 0.5) is 0 Å². The van der Waals surface area contributed by atoms with Gasteiger partial charge in [0, 0.05) is 31.5 Å². The molecule has 2 rings (SSSR count). The predicted octanol–water partition coefficient (Wildman–Crippen LogP) is 1.42. The van der Waals surface area contributed by atoms with Crippen LogP contribution < -0.4 is 15.4 Å². The van der Waals surface area contributed by atoms with E-state index < -0.39 is 0 Å². The number of hydrogen-bond acceptors (Lipinski definition) is 4. The van der Waals surface area contributed by atoms with E-state index in [4.69, 9.17) is 4.74 Å². The first-order valence-electron chi connectivity index (χ1n) is 6.99. The van der Waals surface area contributed by atoms with E-state index >= 15 is 0 Å². The Labute approximate surface area is 128 Å². The van der Waals surface area contributed by atoms with E-state index in [2.05, 4.69) is 15.6 Å². The van der Waals surface area contributed by atoms with Crippen LogP contribution in [-0.2, 0) is 4.79 Å². The molecule has 0 unspecified atom stereocenters. The molecule has 116 valence electrons. The second-order valence-corrected chi connectivity index (χ2v) is 4.92. The molecule has 6 heteroatoms. The number of pyridine rings is 1. The number of nitrogens with zero attached hydrogens (tertiary/aromatic N) is 1. The number of carbonyl (C=O) groups is 2. The molecule has 0 aliphatic carbocycles. The van der Waals surface area contributed by atoms with Crippen molar-refractivity contribution in [3.05, 3.63) is 35.5 Å². The molecule has 0 radical (unpaired) electrons. The molecule has 2 N–H and O–H groups in total. The topological polar surface area (TPSA) is 80.3 Å². The lowest BCUT2D eigenvalue weighted by molar-refractivity contribution is -0.118. The van der Waals surface area contributed by atoms with Gasteiger partial charge in [-0.05, 0) is 25.1 Å². The quantitative estimate of drug-likeness (QED) is 0.818. The third kappa shape index (κ3) is 3.72. The number of benzene rings is 1. The SMILES string of the molecule is COc1ccc2cc(C(=O)NCCNC(C)=O)c(C)nc2c1. The fourth-order valence-corrected chi connectivity index (χ4v) is 2.11. The highest BCUT2D eigenvalue weighted by Crippen LogP contribution is 2.21. The molecule has 6 nitrogen and oxygen atoms in total. The van der Waals surface area contributed by atoms with Crippen LogP contribution in [0.15, 0.2) is 24.3 Å². The van der Waals surface area contributed by atoms with E-state index in [1.165, 1.54) is 6.92 Å². The normalized spacial score (nSPS) is 10.3. The Balaban J connectivity index is 2.15. The van der Waals surface area contributed by atoms with Crippen molar-refractivity contribution in [3.8, 4) is 5.75 Å². The lowest BCUT2D eigenvalue weighted by Gasteiger charge is -2.09. The summed E-state index contributed by atoms with van der Waals surface area (Å²) in [4.78, 5) is 27.4. The molecular formula is C16H19N3O3. The molecule has 1 heterocycles. The number of carbonyl (C=O) groups excluding carboxylic acids is 2. The number of nitrogens with one attached hydrogen (secondary N) is 2. The second kappa shape index (κ2) is 6.89. The highest BCUT2D eigenvalue weighted by Gasteiger charge is 2.11. The summed E-state index contributed by atoms with van der Waals surface area (Å²) in [6.07, 6.45) is 0. The van der Waals surface area contributed by atoms with Gasteiger partial charge in [0.1, 0.15) is 5.75 Å². The molecule has 0 atom stereocenters. The minimum Gasteiger partial charge on any atom is -0.497 e. The molecule has 0 spiro atoms. The van der Waals surface area contributed by atoms with Gasteiger partial charge in [-0.15, -0.1) is 0 Å². The van der Waals surface area contributed by atoms with Gasteiger partial charge < -0.3 is 15.4 Å². The first kappa shape index (κ1) is 15.8. The van der Waals surface area contributed by atoms with E-state index in [1.54, 1.807) is 14.0 Å². The lowest BCUT2D eigenvalue weighted by atomic mass is 10.1. The Bertz CT molecular complexity index is 713. The smallest absolute Gasteiger partial charge is 0.253 e. The Hall–Kier alpha value is -2.63. The van der Waals surface area contributed by atoms with E-state index in [9.17, 15) is 9.59 Å². The number of hydrogen-bond donors (Lipinski definition) is 2. The van der Waals surface area contributed by atoms with E-state index in [-0.39, 0.29) is 11.8 Å². The zero-order valence-electron chi connectivity index (χ0n) is 12.9. The molecule has 2 aromatic rings. The van der Waals surface area contributed by atoms with Crippen LogP contribution in [0.5, 0.6) is 5.75 Å². The number of aryl methyl sites for hydroxylation is 1. The van der Waals surface area contributed by atoms with Crippen molar-refractivity contribution in [1.82, 2.24) is 15.6 Å². The minimum absolute atomic E-state index is 0.119. The highest BCUT2D eigenvalue weighted by atomic mass is 16.5. The van der Waals surface area contributed by atoms with Crippen molar-refractivity contribution in [2.45, 2.75) is 13.8 Å². The summed E-state index contributed by atoms with van der Waals surface area (Å²) in [6.45, 7) is 4.01. The Morgan fingerprint density at radius 3 is 2.59 bits per heavy atom. The minimum atomic E-state index is -0.201. The number of amides is 2. The summed E-state index contributed by atoms with van der Waals surface area (Å²) in [6, 6.07) is 7.35. The molecule has 1 aromatic heterocycles. The highest BCUT2D eigenvalue weighted by molar-refractivity contribution is 5.98. The van der Waals surface area contributed by atoms with Crippen molar-refractivity contribution in [1.29, 1.82) is 0 Å². The van der Waals surface area contributed by atoms with Crippen molar-refractivity contribution < 1.29 is 14.3 Å². The molecule has 2 amide bonds. The molecular weight excluding hydrogens is 282 g/mol. The second-order valence-electron chi connectivity index (χ2n) is 4.92. The number of ether oxygens (including phenoxy) is 1. The molecule has 1 aromatic carbocycles. The molecule has 0 fully saturated rings. The first-order chi connectivity index (χ1) is 10.5. The van der Waals surface area contributed by atoms with Gasteiger partial charge in [0.15, 0.2) is 0 Å². The van der Waals surface area contributed by atoms with Crippen LogP contribution in [0.25, 0.3) is 10.9 Å². The van der Waals surface area contributed by atoms with Gasteiger partial charge in [0.25, 0.3) is 5.91 Å². The standard InChI is InChI=1S/C16H19N3O3/c1-10-14(16(21)18-7-6-17-11(2)20)8-12-4-5-13(22-3)9-15(12)19-10/h4-5,8-9H,6-7H2,1-3H3,(H,17,20)(H,18,21). The van der Waals surface area contributed by atoms with Crippen molar-refractivity contribution >= 4 is 22.7 Å². The van der Waals surface area contributed by atoms with Gasteiger partial charge in [-0.3, -0.25) is 14.6 Å². The Morgan fingerprint density at radius 2 is 1.91 bits per heavy atom. The van der Waals surface area contributed by atoms with Gasteiger partial charge in [0.2, 0.25) is 5.91 Å². The number of rotatable bonds is 5. The third-order valence-corrected chi connectivity index (χ3v) is 3.24. The van der Waals surface area contributed by atoms with Crippen LogP contribution in [-0.4, -0.2) is 37.0 Å². The van der Waals surface area contributed by atoms with E-state index in [0.29, 0.717) is 24.3 Å². The monoisotopic (exact) mass is 301 g/mol. The maximum absolute atomic E-state index is 12.2. The van der Waals surface area contributed by atoms with Crippen LogP contribution in [0, 0.1) is 6.92 Å². The van der Waals surface area contributed by atoms with Crippen molar-refractivity contribution in [2.24, 2.45) is 0 Å². The van der Waals surface area contributed by atoms with E-state index in [1.807, 2.05) is 24.3 Å². The van der Waals surface area contributed by atoms with Crippen molar-refractivity contribution in [3.63, 3.8) is 0 Å². The van der Waals surface area contributed by atoms with Gasteiger partial charge in [-0.25, -0.2) is 0 Å². The Kier molecular flexibility index (Phi) is 4.93. The van der Waals surface area contributed by atoms with Crippen LogP contribution in [0.1, 0.15) is 23.0 Å². The summed E-state index contributed by atoms with van der Waals surface area (Å²) in [5.74, 6) is 0.409. The van der Waals surface area contributed by atoms with Crippen LogP contribution >= 0.6 is 0 Å². The largest absolute Gasteiger partial charge is 0.497 e. The molecule has 0 aliphatic heterocycles. The van der Waals surface area contributed by atoms with E-state index in [0.717, 1.165) is 16.7 Å². The number of aromatic nitrogens is 1. The maximum atomic E-state index is 12.2. The average Bonchev–Trinajstić information content (AvgIpc) is 2.49. The van der Waals surface area contributed by atoms with Crippen molar-refractivity contribution in [2.75, 3.05) is 20.2 Å². The molecule has 0 saturated carbocycles. The summed E-state index contributed by atoms with van der Waals surface area (Å²) >= 11 is 0. The average molecular weight is 301 g/mol. The third-order valence-electron chi connectivity index (χ3n) is 3.24. The zero-order valence-corrected chi connectivity index (χ0v) is 12.9. The number of fused-ring (bicyclic) bond motifs is 1. The summed E-state index contributed by atoms with van der Waals surface area (Å²) in [7, 11) is 1.60. The molecule has 22 heavy (non-hydrogen) atoms. The Morgan fingerprint density at radius 1 is 1.18 bits per heavy atom. The fourth-order valence-electron chi connectivity index (χ4n) is 2.11.